The molecule has 28 heavy (non-hydrogen) atoms. The van der Waals surface area contributed by atoms with Gasteiger partial charge in [0.25, 0.3) is 0 Å². The summed E-state index contributed by atoms with van der Waals surface area (Å²) in [5.74, 6) is 0.842. The topological polar surface area (TPSA) is 37.5 Å². The van der Waals surface area contributed by atoms with Crippen molar-refractivity contribution < 1.29 is 9.50 Å². The summed E-state index contributed by atoms with van der Waals surface area (Å²) < 4.78 is 15.4. The van der Waals surface area contributed by atoms with Crippen LogP contribution in [0.25, 0.3) is 5.52 Å². The minimum absolute atomic E-state index is 0.223. The molecule has 5 heteroatoms. The van der Waals surface area contributed by atoms with E-state index in [0.29, 0.717) is 16.9 Å². The molecule has 2 aliphatic carbocycles. The molecule has 1 atom stereocenters. The minimum atomic E-state index is -0.488. The van der Waals surface area contributed by atoms with Gasteiger partial charge in [-0.25, -0.2) is 9.37 Å². The Kier molecular flexibility index (Phi) is 4.64. The maximum atomic E-state index is 13.4. The van der Waals surface area contributed by atoms with Gasteiger partial charge in [-0.05, 0) is 85.6 Å². The summed E-state index contributed by atoms with van der Waals surface area (Å²) in [6, 6.07) is 8.99. The van der Waals surface area contributed by atoms with Crippen LogP contribution in [0.4, 0.5) is 4.39 Å². The number of hydrogen-bond donors (Lipinski definition) is 1. The lowest BCUT2D eigenvalue weighted by Crippen LogP contribution is -2.22. The lowest BCUT2D eigenvalue weighted by atomic mass is 9.75. The number of aliphatic hydroxyl groups excluding tert-OH is 1. The van der Waals surface area contributed by atoms with Crippen molar-refractivity contribution in [1.29, 1.82) is 0 Å². The first-order chi connectivity index (χ1) is 13.6. The highest BCUT2D eigenvalue weighted by atomic mass is 35.5. The predicted molar refractivity (Wildman–Crippen MR) is 108 cm³/mol. The number of benzene rings is 1. The molecule has 1 aromatic carbocycles. The van der Waals surface area contributed by atoms with Gasteiger partial charge < -0.3 is 9.51 Å². The molecular formula is C23H24ClFN2O. The Hall–Kier alpha value is -1.91. The first-order valence-electron chi connectivity index (χ1n) is 10.2. The van der Waals surface area contributed by atoms with Crippen molar-refractivity contribution >= 4 is 17.1 Å². The lowest BCUT2D eigenvalue weighted by molar-refractivity contribution is 0.0754. The number of aromatic nitrogens is 2. The molecule has 0 saturated heterocycles. The van der Waals surface area contributed by atoms with Crippen LogP contribution in [0, 0.1) is 11.7 Å². The standard InChI is InChI=1S/C23H24ClFN2O/c24-21-11-17(25)7-9-19(21)14-3-5-16(6-4-14)23(28)22-20(15-1-2-15)10-8-18-12-26-13-27(18)22/h7-16,23,28H,1-6H2/t14-,16-,23-/m1/s1. The van der Waals surface area contributed by atoms with Crippen LogP contribution in [0.2, 0.25) is 5.02 Å². The van der Waals surface area contributed by atoms with Gasteiger partial charge in [-0.1, -0.05) is 23.7 Å². The van der Waals surface area contributed by atoms with Crippen molar-refractivity contribution in [3.8, 4) is 0 Å². The number of hydrogen-bond acceptors (Lipinski definition) is 2. The van der Waals surface area contributed by atoms with Gasteiger partial charge in [0.05, 0.1) is 29.8 Å². The van der Waals surface area contributed by atoms with Crippen LogP contribution in [-0.2, 0) is 0 Å². The molecule has 0 bridgehead atoms. The predicted octanol–water partition coefficient (Wildman–Crippen LogP) is 6.01. The van der Waals surface area contributed by atoms with E-state index in [4.69, 9.17) is 11.6 Å². The van der Waals surface area contributed by atoms with Crippen molar-refractivity contribution in [2.45, 2.75) is 56.5 Å². The number of aliphatic hydroxyl groups is 1. The molecule has 0 aliphatic heterocycles. The maximum Gasteiger partial charge on any atom is 0.124 e. The third-order valence-corrected chi connectivity index (χ3v) is 6.90. The van der Waals surface area contributed by atoms with Crippen LogP contribution in [-0.4, -0.2) is 14.5 Å². The quantitative estimate of drug-likeness (QED) is 0.584. The zero-order valence-corrected chi connectivity index (χ0v) is 16.4. The van der Waals surface area contributed by atoms with Crippen LogP contribution >= 0.6 is 11.6 Å². The summed E-state index contributed by atoms with van der Waals surface area (Å²) in [6.45, 7) is 0. The molecule has 0 unspecified atom stereocenters. The summed E-state index contributed by atoms with van der Waals surface area (Å²) in [5.41, 5.74) is 4.37. The first-order valence-corrected chi connectivity index (χ1v) is 10.6. The maximum absolute atomic E-state index is 13.4. The van der Waals surface area contributed by atoms with E-state index < -0.39 is 6.10 Å². The second kappa shape index (κ2) is 7.16. The number of imidazole rings is 1. The normalized spacial score (nSPS) is 23.8. The van der Waals surface area contributed by atoms with Gasteiger partial charge in [-0.2, -0.15) is 0 Å². The molecule has 2 fully saturated rings. The molecular weight excluding hydrogens is 375 g/mol. The Morgan fingerprint density at radius 1 is 1.00 bits per heavy atom. The average Bonchev–Trinajstić information content (AvgIpc) is 3.43. The molecule has 2 heterocycles. The van der Waals surface area contributed by atoms with Gasteiger partial charge in [0.1, 0.15) is 5.82 Å². The summed E-state index contributed by atoms with van der Waals surface area (Å²) in [7, 11) is 0. The molecule has 0 spiro atoms. The highest BCUT2D eigenvalue weighted by Crippen LogP contribution is 2.47. The average molecular weight is 399 g/mol. The smallest absolute Gasteiger partial charge is 0.124 e. The number of halogens is 2. The van der Waals surface area contributed by atoms with E-state index in [1.54, 1.807) is 0 Å². The van der Waals surface area contributed by atoms with Gasteiger partial charge in [0.2, 0.25) is 0 Å². The fourth-order valence-electron chi connectivity index (χ4n) is 4.88. The largest absolute Gasteiger partial charge is 0.387 e. The third kappa shape index (κ3) is 3.23. The number of fused-ring (bicyclic) bond motifs is 1. The second-order valence-electron chi connectivity index (χ2n) is 8.36. The molecule has 5 rings (SSSR count). The van der Waals surface area contributed by atoms with Crippen molar-refractivity contribution in [3.63, 3.8) is 0 Å². The van der Waals surface area contributed by atoms with E-state index in [1.165, 1.54) is 30.5 Å². The number of rotatable bonds is 4. The van der Waals surface area contributed by atoms with Crippen molar-refractivity contribution in [2.75, 3.05) is 0 Å². The van der Waals surface area contributed by atoms with Gasteiger partial charge in [0, 0.05) is 5.02 Å². The van der Waals surface area contributed by atoms with Gasteiger partial charge in [-0.3, -0.25) is 0 Å². The summed E-state index contributed by atoms with van der Waals surface area (Å²) in [6.07, 6.45) is 9.40. The van der Waals surface area contributed by atoms with E-state index >= 15 is 0 Å². The lowest BCUT2D eigenvalue weighted by Gasteiger charge is -2.33. The van der Waals surface area contributed by atoms with Gasteiger partial charge >= 0.3 is 0 Å². The zero-order chi connectivity index (χ0) is 19.3. The van der Waals surface area contributed by atoms with Gasteiger partial charge in [-0.15, -0.1) is 0 Å². The molecule has 1 N–H and O–H groups in total. The van der Waals surface area contributed by atoms with Crippen LogP contribution < -0.4 is 0 Å². The van der Waals surface area contributed by atoms with Crippen molar-refractivity contribution in [1.82, 2.24) is 9.38 Å². The molecule has 146 valence electrons. The highest BCUT2D eigenvalue weighted by molar-refractivity contribution is 6.31. The monoisotopic (exact) mass is 398 g/mol. The fourth-order valence-corrected chi connectivity index (χ4v) is 5.21. The van der Waals surface area contributed by atoms with Crippen molar-refractivity contribution in [2.24, 2.45) is 5.92 Å². The SMILES string of the molecule is O[C@@H](c1c(C2CC2)ccc2cncn12)[C@H]1CC[C@H](c2ccc(F)cc2Cl)CC1. The molecule has 2 saturated carbocycles. The van der Waals surface area contributed by atoms with E-state index in [2.05, 4.69) is 21.5 Å². The Labute approximate surface area is 169 Å². The highest BCUT2D eigenvalue weighted by Gasteiger charge is 2.34. The minimum Gasteiger partial charge on any atom is -0.387 e. The van der Waals surface area contributed by atoms with E-state index in [1.807, 2.05) is 18.6 Å². The van der Waals surface area contributed by atoms with Crippen LogP contribution in [0.3, 0.4) is 0 Å². The zero-order valence-electron chi connectivity index (χ0n) is 15.7. The summed E-state index contributed by atoms with van der Waals surface area (Å²) in [5, 5.41) is 11.9. The van der Waals surface area contributed by atoms with Crippen molar-refractivity contribution in [3.05, 3.63) is 70.5 Å². The van der Waals surface area contributed by atoms with E-state index in [-0.39, 0.29) is 11.7 Å². The van der Waals surface area contributed by atoms with Crippen LogP contribution in [0.15, 0.2) is 42.9 Å². The molecule has 3 aromatic rings. The Balaban J connectivity index is 1.38. The first kappa shape index (κ1) is 18.1. The van der Waals surface area contributed by atoms with Crippen LogP contribution in [0.5, 0.6) is 0 Å². The third-order valence-electron chi connectivity index (χ3n) is 6.57. The van der Waals surface area contributed by atoms with Crippen LogP contribution in [0.1, 0.15) is 73.3 Å². The molecule has 0 amide bonds. The molecule has 3 nitrogen and oxygen atoms in total. The summed E-state index contributed by atoms with van der Waals surface area (Å²) in [4.78, 5) is 4.29. The molecule has 2 aromatic heterocycles. The Morgan fingerprint density at radius 2 is 1.68 bits per heavy atom. The van der Waals surface area contributed by atoms with E-state index in [0.717, 1.165) is 42.5 Å². The summed E-state index contributed by atoms with van der Waals surface area (Å²) >= 11 is 6.27. The van der Waals surface area contributed by atoms with Gasteiger partial charge in [0.15, 0.2) is 0 Å². The van der Waals surface area contributed by atoms with E-state index in [9.17, 15) is 9.50 Å². The second-order valence-corrected chi connectivity index (χ2v) is 8.77. The molecule has 0 radical (unpaired) electrons. The molecule has 2 aliphatic rings. The Bertz CT molecular complexity index is 1010. The Morgan fingerprint density at radius 3 is 2.39 bits per heavy atom. The number of nitrogens with zero attached hydrogens (tertiary/aromatic N) is 2. The number of pyridine rings is 1. The fraction of sp³-hybridized carbons (Fsp3) is 0.435.